The van der Waals surface area contributed by atoms with E-state index in [-0.39, 0.29) is 19.9 Å². The summed E-state index contributed by atoms with van der Waals surface area (Å²) >= 11 is 0. The van der Waals surface area contributed by atoms with E-state index in [1.165, 1.54) is 18.2 Å². The van der Waals surface area contributed by atoms with Crippen molar-refractivity contribution in [3.8, 4) is 28.5 Å². The molecule has 4 N–H and O–H groups in total. The summed E-state index contributed by atoms with van der Waals surface area (Å²) in [6, 6.07) is 2.95. The lowest BCUT2D eigenvalue weighted by molar-refractivity contribution is -0.138. The van der Waals surface area contributed by atoms with Gasteiger partial charge in [-0.2, -0.15) is 0 Å². The highest BCUT2D eigenvalue weighted by Crippen LogP contribution is 2.48. The van der Waals surface area contributed by atoms with Crippen molar-refractivity contribution < 1.29 is 34.0 Å². The van der Waals surface area contributed by atoms with Gasteiger partial charge in [-0.1, -0.05) is 0 Å². The number of benzene rings is 1. The molecule has 12 nitrogen and oxygen atoms in total. The molecule has 1 saturated carbocycles. The van der Waals surface area contributed by atoms with Gasteiger partial charge in [0.15, 0.2) is 11.5 Å². The Kier molecular flexibility index (Phi) is 6.07. The number of aryl methyl sites for hydroxylation is 1. The number of rotatable bonds is 7. The van der Waals surface area contributed by atoms with E-state index in [2.05, 4.69) is 20.3 Å². The Hall–Kier alpha value is -3.90. The number of likely N-dealkylation sites (tertiary alicyclic amines) is 1. The number of β-amino-alcohol motifs (C(OH)–C–C–N with tert-alkyl or cyclic N) is 1. The zero-order valence-electron chi connectivity index (χ0n) is 21.1. The summed E-state index contributed by atoms with van der Waals surface area (Å²) in [7, 11) is 0. The molecule has 38 heavy (non-hydrogen) atoms. The van der Waals surface area contributed by atoms with Crippen LogP contribution in [-0.2, 0) is 4.79 Å². The first-order valence-corrected chi connectivity index (χ1v) is 12.7. The quantitative estimate of drug-likeness (QED) is 0.356. The second-order valence-corrected chi connectivity index (χ2v) is 10.1. The van der Waals surface area contributed by atoms with Gasteiger partial charge in [-0.3, -0.25) is 9.59 Å². The summed E-state index contributed by atoms with van der Waals surface area (Å²) in [6.07, 6.45) is 1.52. The molecular weight excluding hydrogens is 494 g/mol. The van der Waals surface area contributed by atoms with Crippen LogP contribution in [0.3, 0.4) is 0 Å². The van der Waals surface area contributed by atoms with Crippen LogP contribution in [0.4, 0.5) is 0 Å². The van der Waals surface area contributed by atoms with Crippen molar-refractivity contribution in [3.63, 3.8) is 0 Å². The summed E-state index contributed by atoms with van der Waals surface area (Å²) < 4.78 is 17.5. The largest absolute Gasteiger partial charge is 0.492 e. The van der Waals surface area contributed by atoms with E-state index in [0.717, 1.165) is 12.8 Å². The van der Waals surface area contributed by atoms with Gasteiger partial charge < -0.3 is 39.6 Å². The maximum atomic E-state index is 13.4. The molecule has 3 aliphatic rings. The normalized spacial score (nSPS) is 21.1. The van der Waals surface area contributed by atoms with Crippen molar-refractivity contribution in [3.05, 3.63) is 29.7 Å². The molecule has 1 aromatic carbocycles. The van der Waals surface area contributed by atoms with Gasteiger partial charge in [0.2, 0.25) is 6.79 Å². The second-order valence-electron chi connectivity index (χ2n) is 10.1. The second kappa shape index (κ2) is 9.44. The number of carbonyl (C=O) groups excluding carboxylic acids is 2. The fourth-order valence-electron chi connectivity index (χ4n) is 4.99. The minimum absolute atomic E-state index is 0.0265. The summed E-state index contributed by atoms with van der Waals surface area (Å²) in [5, 5.41) is 22.9. The van der Waals surface area contributed by atoms with Crippen LogP contribution in [0.1, 0.15) is 35.8 Å². The monoisotopic (exact) mass is 523 g/mol. The molecule has 12 heteroatoms. The SMILES string of the molecule is Cc1[nH]c2c(-c3c(OCC4CC4)ccc4c3OCO4)ncnc2c1C(=O)N[C@H]1CN(C(=O)[C@H](C)O)C[C@@H]1O. The molecule has 3 atom stereocenters. The fraction of sp³-hybridized carbons (Fsp3) is 0.462. The maximum Gasteiger partial charge on any atom is 0.255 e. The van der Waals surface area contributed by atoms with Gasteiger partial charge >= 0.3 is 0 Å². The number of ether oxygens (including phenoxy) is 3. The Morgan fingerprint density at radius 1 is 1.26 bits per heavy atom. The number of aromatic amines is 1. The summed E-state index contributed by atoms with van der Waals surface area (Å²) in [5.74, 6) is 1.31. The van der Waals surface area contributed by atoms with Crippen molar-refractivity contribution in [2.24, 2.45) is 5.92 Å². The number of aliphatic hydroxyl groups excluding tert-OH is 2. The van der Waals surface area contributed by atoms with Gasteiger partial charge in [0, 0.05) is 18.8 Å². The highest BCUT2D eigenvalue weighted by molar-refractivity contribution is 6.09. The third-order valence-corrected chi connectivity index (χ3v) is 7.18. The number of H-pyrrole nitrogens is 1. The van der Waals surface area contributed by atoms with Crippen LogP contribution < -0.4 is 19.5 Å². The van der Waals surface area contributed by atoms with Crippen LogP contribution in [0.2, 0.25) is 0 Å². The smallest absolute Gasteiger partial charge is 0.255 e. The number of aromatic nitrogens is 3. The molecule has 2 fully saturated rings. The molecule has 3 aromatic rings. The molecule has 2 aromatic heterocycles. The molecule has 0 unspecified atom stereocenters. The highest BCUT2D eigenvalue weighted by Gasteiger charge is 2.37. The number of fused-ring (bicyclic) bond motifs is 2. The molecule has 0 radical (unpaired) electrons. The predicted molar refractivity (Wildman–Crippen MR) is 134 cm³/mol. The first-order valence-electron chi connectivity index (χ1n) is 12.7. The average Bonchev–Trinajstić information content (AvgIpc) is 3.30. The van der Waals surface area contributed by atoms with Crippen molar-refractivity contribution in [2.45, 2.75) is 44.9 Å². The van der Waals surface area contributed by atoms with Crippen LogP contribution in [-0.4, -0.2) is 86.6 Å². The molecule has 4 heterocycles. The van der Waals surface area contributed by atoms with Crippen LogP contribution in [0.15, 0.2) is 18.5 Å². The Morgan fingerprint density at radius 3 is 2.84 bits per heavy atom. The molecule has 2 amide bonds. The standard InChI is InChI=1S/C26H29N5O7/c1-12-19(25(34)30-15-7-31(8-16(15)33)26(35)13(2)32)21-23(29-12)22(28-10-27-21)20-17(36-9-14-3-4-14)5-6-18-24(20)38-11-37-18/h5-6,10,13-16,29,32-33H,3-4,7-9,11H2,1-2H3,(H,30,34)/t13-,15-,16-/m0/s1. The first kappa shape index (κ1) is 24.4. The number of carbonyl (C=O) groups is 2. The van der Waals surface area contributed by atoms with Gasteiger partial charge in [0.1, 0.15) is 29.4 Å². The van der Waals surface area contributed by atoms with Gasteiger partial charge in [0.05, 0.1) is 35.4 Å². The predicted octanol–water partition coefficient (Wildman–Crippen LogP) is 1.13. The number of nitrogens with zero attached hydrogens (tertiary/aromatic N) is 3. The van der Waals surface area contributed by atoms with Crippen molar-refractivity contribution in [2.75, 3.05) is 26.5 Å². The Balaban J connectivity index is 1.34. The molecule has 0 bridgehead atoms. The minimum atomic E-state index is -1.19. The van der Waals surface area contributed by atoms with Gasteiger partial charge in [-0.05, 0) is 44.7 Å². The zero-order valence-corrected chi connectivity index (χ0v) is 21.1. The van der Waals surface area contributed by atoms with E-state index in [9.17, 15) is 19.8 Å². The molecule has 1 aliphatic carbocycles. The average molecular weight is 524 g/mol. The molecule has 6 rings (SSSR count). The highest BCUT2D eigenvalue weighted by atomic mass is 16.7. The van der Waals surface area contributed by atoms with Crippen molar-refractivity contribution in [1.29, 1.82) is 0 Å². The third kappa shape index (κ3) is 4.29. The number of hydrogen-bond donors (Lipinski definition) is 4. The number of nitrogens with one attached hydrogen (secondary N) is 2. The Labute approximate surface area is 217 Å². The molecular formula is C26H29N5O7. The lowest BCUT2D eigenvalue weighted by Crippen LogP contribution is -2.43. The lowest BCUT2D eigenvalue weighted by Gasteiger charge is -2.18. The van der Waals surface area contributed by atoms with E-state index in [1.807, 2.05) is 12.1 Å². The minimum Gasteiger partial charge on any atom is -0.492 e. The summed E-state index contributed by atoms with van der Waals surface area (Å²) in [5.41, 5.74) is 2.95. The van der Waals surface area contributed by atoms with E-state index in [1.54, 1.807) is 6.92 Å². The van der Waals surface area contributed by atoms with E-state index >= 15 is 0 Å². The van der Waals surface area contributed by atoms with Gasteiger partial charge in [0.25, 0.3) is 11.8 Å². The maximum absolute atomic E-state index is 13.4. The van der Waals surface area contributed by atoms with Crippen LogP contribution >= 0.6 is 0 Å². The van der Waals surface area contributed by atoms with Gasteiger partial charge in [-0.25, -0.2) is 9.97 Å². The van der Waals surface area contributed by atoms with E-state index < -0.39 is 30.1 Å². The van der Waals surface area contributed by atoms with Crippen molar-refractivity contribution in [1.82, 2.24) is 25.2 Å². The van der Waals surface area contributed by atoms with E-state index in [4.69, 9.17) is 14.2 Å². The Bertz CT molecular complexity index is 1420. The third-order valence-electron chi connectivity index (χ3n) is 7.18. The topological polar surface area (TPSA) is 159 Å². The molecule has 200 valence electrons. The van der Waals surface area contributed by atoms with Crippen LogP contribution in [0.5, 0.6) is 17.2 Å². The number of amides is 2. The van der Waals surface area contributed by atoms with Gasteiger partial charge in [-0.15, -0.1) is 0 Å². The zero-order chi connectivity index (χ0) is 26.6. The number of aliphatic hydroxyl groups is 2. The van der Waals surface area contributed by atoms with Crippen LogP contribution in [0.25, 0.3) is 22.3 Å². The van der Waals surface area contributed by atoms with Crippen LogP contribution in [0, 0.1) is 12.8 Å². The Morgan fingerprint density at radius 2 is 2.08 bits per heavy atom. The van der Waals surface area contributed by atoms with E-state index in [0.29, 0.717) is 63.3 Å². The lowest BCUT2D eigenvalue weighted by atomic mass is 10.1. The molecule has 2 aliphatic heterocycles. The fourth-order valence-corrected chi connectivity index (χ4v) is 4.99. The molecule has 1 saturated heterocycles. The molecule has 0 spiro atoms. The summed E-state index contributed by atoms with van der Waals surface area (Å²) in [4.78, 5) is 39.1. The number of hydrogen-bond acceptors (Lipinski definition) is 9. The summed E-state index contributed by atoms with van der Waals surface area (Å²) in [6.45, 7) is 3.92. The van der Waals surface area contributed by atoms with Crippen molar-refractivity contribution >= 4 is 22.8 Å². The first-order chi connectivity index (χ1) is 18.3.